The number of hydrogen-bond donors (Lipinski definition) is 1. The van der Waals surface area contributed by atoms with Crippen LogP contribution in [-0.2, 0) is 11.3 Å². The Labute approximate surface area is 181 Å². The number of ether oxygens (including phenoxy) is 2. The van der Waals surface area contributed by atoms with Crippen LogP contribution in [0.5, 0.6) is 11.5 Å². The molecule has 158 valence electrons. The molecule has 0 aliphatic carbocycles. The zero-order valence-corrected chi connectivity index (χ0v) is 17.2. The lowest BCUT2D eigenvalue weighted by Crippen LogP contribution is -2.43. The van der Waals surface area contributed by atoms with Crippen LogP contribution in [0.15, 0.2) is 60.7 Å². The van der Waals surface area contributed by atoms with Gasteiger partial charge in [0.15, 0.2) is 17.3 Å². The Balaban J connectivity index is 1.19. The maximum absolute atomic E-state index is 12.8. The fourth-order valence-corrected chi connectivity index (χ4v) is 4.04. The van der Waals surface area contributed by atoms with E-state index in [2.05, 4.69) is 20.4 Å². The SMILES string of the molecule is O=C(NCc1ccc2c(c1)OCO2)[C@@H]1CCCN(c2ccc(-c3ccccc3)nn2)C1. The summed E-state index contributed by atoms with van der Waals surface area (Å²) in [5.74, 6) is 2.29. The third kappa shape index (κ3) is 4.30. The Hall–Kier alpha value is -3.61. The molecule has 2 aromatic carbocycles. The summed E-state index contributed by atoms with van der Waals surface area (Å²) in [4.78, 5) is 14.9. The van der Waals surface area contributed by atoms with E-state index in [-0.39, 0.29) is 18.6 Å². The third-order valence-electron chi connectivity index (χ3n) is 5.74. The van der Waals surface area contributed by atoms with Crippen molar-refractivity contribution < 1.29 is 14.3 Å². The molecule has 0 bridgehead atoms. The maximum Gasteiger partial charge on any atom is 0.231 e. The first-order chi connectivity index (χ1) is 15.3. The van der Waals surface area contributed by atoms with E-state index in [4.69, 9.17) is 9.47 Å². The fourth-order valence-electron chi connectivity index (χ4n) is 4.04. The maximum atomic E-state index is 12.8. The van der Waals surface area contributed by atoms with Gasteiger partial charge in [0.25, 0.3) is 0 Å². The van der Waals surface area contributed by atoms with E-state index >= 15 is 0 Å². The van der Waals surface area contributed by atoms with Crippen molar-refractivity contribution in [2.45, 2.75) is 19.4 Å². The van der Waals surface area contributed by atoms with Crippen molar-refractivity contribution in [2.24, 2.45) is 5.92 Å². The topological polar surface area (TPSA) is 76.6 Å². The predicted molar refractivity (Wildman–Crippen MR) is 117 cm³/mol. The minimum atomic E-state index is -0.0710. The van der Waals surface area contributed by atoms with Gasteiger partial charge in [0.1, 0.15) is 0 Å². The average Bonchev–Trinajstić information content (AvgIpc) is 3.31. The molecule has 31 heavy (non-hydrogen) atoms. The van der Waals surface area contributed by atoms with Crippen LogP contribution in [0.25, 0.3) is 11.3 Å². The van der Waals surface area contributed by atoms with Crippen LogP contribution in [0.3, 0.4) is 0 Å². The lowest BCUT2D eigenvalue weighted by molar-refractivity contribution is -0.125. The molecule has 0 saturated carbocycles. The van der Waals surface area contributed by atoms with Crippen LogP contribution in [0.4, 0.5) is 5.82 Å². The second-order valence-electron chi connectivity index (χ2n) is 7.83. The van der Waals surface area contributed by atoms with Crippen LogP contribution in [-0.4, -0.2) is 36.0 Å². The van der Waals surface area contributed by atoms with Crippen molar-refractivity contribution in [3.63, 3.8) is 0 Å². The first kappa shape index (κ1) is 19.4. The summed E-state index contributed by atoms with van der Waals surface area (Å²) in [5.41, 5.74) is 2.88. The van der Waals surface area contributed by atoms with Crippen molar-refractivity contribution in [2.75, 3.05) is 24.8 Å². The van der Waals surface area contributed by atoms with Gasteiger partial charge in [-0.3, -0.25) is 4.79 Å². The summed E-state index contributed by atoms with van der Waals surface area (Å²) in [5, 5.41) is 11.9. The van der Waals surface area contributed by atoms with Crippen LogP contribution in [0, 0.1) is 5.92 Å². The van der Waals surface area contributed by atoms with Gasteiger partial charge in [0, 0.05) is 25.2 Å². The molecule has 5 rings (SSSR count). The summed E-state index contributed by atoms with van der Waals surface area (Å²) in [6.45, 7) is 2.24. The van der Waals surface area contributed by atoms with Gasteiger partial charge in [-0.1, -0.05) is 36.4 Å². The molecule has 0 spiro atoms. The number of benzene rings is 2. The molecule has 1 fully saturated rings. The number of rotatable bonds is 5. The van der Waals surface area contributed by atoms with E-state index < -0.39 is 0 Å². The molecule has 2 aliphatic rings. The van der Waals surface area contributed by atoms with Gasteiger partial charge in [-0.25, -0.2) is 0 Å². The molecule has 3 aromatic rings. The lowest BCUT2D eigenvalue weighted by atomic mass is 9.97. The van der Waals surface area contributed by atoms with Gasteiger partial charge in [-0.2, -0.15) is 0 Å². The van der Waals surface area contributed by atoms with E-state index in [9.17, 15) is 4.79 Å². The average molecular weight is 416 g/mol. The number of carbonyl (C=O) groups excluding carboxylic acids is 1. The molecule has 1 atom stereocenters. The van der Waals surface area contributed by atoms with Gasteiger partial charge in [-0.15, -0.1) is 10.2 Å². The van der Waals surface area contributed by atoms with Crippen molar-refractivity contribution in [1.82, 2.24) is 15.5 Å². The smallest absolute Gasteiger partial charge is 0.231 e. The largest absolute Gasteiger partial charge is 0.454 e. The van der Waals surface area contributed by atoms with Crippen LogP contribution in [0.1, 0.15) is 18.4 Å². The number of amides is 1. The number of fused-ring (bicyclic) bond motifs is 1. The zero-order chi connectivity index (χ0) is 21.0. The second kappa shape index (κ2) is 8.63. The summed E-state index contributed by atoms with van der Waals surface area (Å²) in [6.07, 6.45) is 1.82. The van der Waals surface area contributed by atoms with Gasteiger partial charge >= 0.3 is 0 Å². The van der Waals surface area contributed by atoms with Crippen molar-refractivity contribution in [1.29, 1.82) is 0 Å². The minimum Gasteiger partial charge on any atom is -0.454 e. The molecule has 7 nitrogen and oxygen atoms in total. The first-order valence-electron chi connectivity index (χ1n) is 10.6. The predicted octanol–water partition coefficient (Wildman–Crippen LogP) is 3.41. The normalized spacial score (nSPS) is 17.4. The number of nitrogens with zero attached hydrogens (tertiary/aromatic N) is 3. The van der Waals surface area contributed by atoms with Crippen LogP contribution < -0.4 is 19.7 Å². The molecular formula is C24H24N4O3. The highest BCUT2D eigenvalue weighted by Crippen LogP contribution is 2.32. The number of anilines is 1. The standard InChI is InChI=1S/C24H24N4O3/c29-24(25-14-17-8-10-21-22(13-17)31-16-30-21)19-7-4-12-28(15-19)23-11-9-20(26-27-23)18-5-2-1-3-6-18/h1-3,5-6,8-11,13,19H,4,7,12,14-16H2,(H,25,29)/t19-/m1/s1. The van der Waals surface area contributed by atoms with Gasteiger partial charge in [0.05, 0.1) is 11.6 Å². The summed E-state index contributed by atoms with van der Waals surface area (Å²) in [6, 6.07) is 19.7. The molecule has 1 aromatic heterocycles. The number of piperidine rings is 1. The van der Waals surface area contributed by atoms with Gasteiger partial charge in [-0.05, 0) is 42.7 Å². The summed E-state index contributed by atoms with van der Waals surface area (Å²) in [7, 11) is 0. The highest BCUT2D eigenvalue weighted by atomic mass is 16.7. The quantitative estimate of drug-likeness (QED) is 0.687. The van der Waals surface area contributed by atoms with Crippen LogP contribution in [0.2, 0.25) is 0 Å². The minimum absolute atomic E-state index is 0.0660. The monoisotopic (exact) mass is 416 g/mol. The van der Waals surface area contributed by atoms with Gasteiger partial charge in [0.2, 0.25) is 12.7 Å². The van der Waals surface area contributed by atoms with Crippen molar-refractivity contribution >= 4 is 11.7 Å². The number of carbonyl (C=O) groups is 1. The summed E-state index contributed by atoms with van der Waals surface area (Å²) < 4.78 is 10.7. The zero-order valence-electron chi connectivity index (χ0n) is 17.2. The Morgan fingerprint density at radius 1 is 1.03 bits per heavy atom. The van der Waals surface area contributed by atoms with Gasteiger partial charge < -0.3 is 19.7 Å². The Morgan fingerprint density at radius 3 is 2.74 bits per heavy atom. The van der Waals surface area contributed by atoms with E-state index in [0.29, 0.717) is 13.1 Å². The third-order valence-corrected chi connectivity index (χ3v) is 5.74. The molecule has 7 heteroatoms. The Morgan fingerprint density at radius 2 is 1.90 bits per heavy atom. The van der Waals surface area contributed by atoms with E-state index in [0.717, 1.165) is 53.5 Å². The van der Waals surface area contributed by atoms with Crippen LogP contribution >= 0.6 is 0 Å². The molecule has 2 aliphatic heterocycles. The molecule has 1 N–H and O–H groups in total. The van der Waals surface area contributed by atoms with E-state index in [1.165, 1.54) is 0 Å². The first-order valence-corrected chi connectivity index (χ1v) is 10.6. The number of hydrogen-bond acceptors (Lipinski definition) is 6. The van der Waals surface area contributed by atoms with Crippen molar-refractivity contribution in [3.8, 4) is 22.8 Å². The highest BCUT2D eigenvalue weighted by molar-refractivity contribution is 5.79. The highest BCUT2D eigenvalue weighted by Gasteiger charge is 2.26. The molecule has 1 saturated heterocycles. The van der Waals surface area contributed by atoms with E-state index in [1.807, 2.05) is 60.7 Å². The lowest BCUT2D eigenvalue weighted by Gasteiger charge is -2.32. The molecule has 1 amide bonds. The molecule has 0 radical (unpaired) electrons. The molecule has 3 heterocycles. The van der Waals surface area contributed by atoms with Crippen molar-refractivity contribution in [3.05, 3.63) is 66.2 Å². The fraction of sp³-hybridized carbons (Fsp3) is 0.292. The molecular weight excluding hydrogens is 392 g/mol. The summed E-state index contributed by atoms with van der Waals surface area (Å²) >= 11 is 0. The second-order valence-corrected chi connectivity index (χ2v) is 7.83. The molecule has 0 unspecified atom stereocenters. The number of nitrogens with one attached hydrogen (secondary N) is 1. The Kier molecular flexibility index (Phi) is 5.39. The van der Waals surface area contributed by atoms with E-state index in [1.54, 1.807) is 0 Å². The number of aromatic nitrogens is 2. The Bertz CT molecular complexity index is 1060.